The fourth-order valence-corrected chi connectivity index (χ4v) is 2.66. The van der Waals surface area contributed by atoms with Crippen LogP contribution in [0.1, 0.15) is 26.3 Å². The fraction of sp³-hybridized carbons (Fsp3) is 0.571. The molecule has 1 N–H and O–H groups in total. The first-order chi connectivity index (χ1) is 7.51. The van der Waals surface area contributed by atoms with Crippen LogP contribution in [0.2, 0.25) is 0 Å². The SMILES string of the molecule is COCC1(C(C)(C)C)CNc2ccccc21. The molecule has 1 aromatic rings. The highest BCUT2D eigenvalue weighted by Gasteiger charge is 2.47. The Hall–Kier alpha value is -1.02. The molecule has 1 aliphatic heterocycles. The summed E-state index contributed by atoms with van der Waals surface area (Å²) >= 11 is 0. The van der Waals surface area contributed by atoms with Gasteiger partial charge in [-0.25, -0.2) is 0 Å². The third-order valence-corrected chi connectivity index (χ3v) is 3.85. The summed E-state index contributed by atoms with van der Waals surface area (Å²) < 4.78 is 5.47. The van der Waals surface area contributed by atoms with Crippen molar-refractivity contribution < 1.29 is 4.74 Å². The third kappa shape index (κ3) is 1.52. The maximum atomic E-state index is 5.47. The van der Waals surface area contributed by atoms with Crippen LogP contribution in [0.15, 0.2) is 24.3 Å². The number of anilines is 1. The maximum Gasteiger partial charge on any atom is 0.0582 e. The average Bonchev–Trinajstić information content (AvgIpc) is 2.59. The summed E-state index contributed by atoms with van der Waals surface area (Å²) in [6, 6.07) is 8.57. The minimum Gasteiger partial charge on any atom is -0.384 e. The predicted molar refractivity (Wildman–Crippen MR) is 67.9 cm³/mol. The van der Waals surface area contributed by atoms with E-state index in [1.807, 2.05) is 0 Å². The van der Waals surface area contributed by atoms with Gasteiger partial charge in [-0.1, -0.05) is 39.0 Å². The zero-order valence-electron chi connectivity index (χ0n) is 10.6. The van der Waals surface area contributed by atoms with Gasteiger partial charge in [-0.2, -0.15) is 0 Å². The van der Waals surface area contributed by atoms with Crippen LogP contribution < -0.4 is 5.32 Å². The van der Waals surface area contributed by atoms with Gasteiger partial charge in [0.05, 0.1) is 6.61 Å². The Balaban J connectivity index is 2.51. The van der Waals surface area contributed by atoms with Crippen LogP contribution in [0.25, 0.3) is 0 Å². The number of methoxy groups -OCH3 is 1. The Kier molecular flexibility index (Phi) is 2.70. The molecule has 2 rings (SSSR count). The molecule has 16 heavy (non-hydrogen) atoms. The molecule has 1 heterocycles. The molecular weight excluding hydrogens is 198 g/mol. The van der Waals surface area contributed by atoms with Crippen molar-refractivity contribution in [2.24, 2.45) is 5.41 Å². The van der Waals surface area contributed by atoms with Crippen molar-refractivity contribution in [3.05, 3.63) is 29.8 Å². The zero-order valence-corrected chi connectivity index (χ0v) is 10.6. The largest absolute Gasteiger partial charge is 0.384 e. The molecule has 0 amide bonds. The molecule has 0 radical (unpaired) electrons. The minimum atomic E-state index is 0.0817. The summed E-state index contributed by atoms with van der Waals surface area (Å²) in [5.41, 5.74) is 2.92. The second-order valence-electron chi connectivity index (χ2n) is 5.66. The first-order valence-electron chi connectivity index (χ1n) is 5.83. The van der Waals surface area contributed by atoms with Crippen molar-refractivity contribution in [2.75, 3.05) is 25.6 Å². The van der Waals surface area contributed by atoms with E-state index in [-0.39, 0.29) is 10.8 Å². The summed E-state index contributed by atoms with van der Waals surface area (Å²) in [6.07, 6.45) is 0. The van der Waals surface area contributed by atoms with Crippen LogP contribution in [0.3, 0.4) is 0 Å². The van der Waals surface area contributed by atoms with Gasteiger partial charge >= 0.3 is 0 Å². The van der Waals surface area contributed by atoms with Crippen molar-refractivity contribution in [3.63, 3.8) is 0 Å². The van der Waals surface area contributed by atoms with Crippen LogP contribution in [0.5, 0.6) is 0 Å². The monoisotopic (exact) mass is 219 g/mol. The van der Waals surface area contributed by atoms with Crippen LogP contribution in [-0.2, 0) is 10.2 Å². The summed E-state index contributed by atoms with van der Waals surface area (Å²) in [5.74, 6) is 0. The molecule has 0 fully saturated rings. The van der Waals surface area contributed by atoms with Gasteiger partial charge in [0, 0.05) is 24.8 Å². The lowest BCUT2D eigenvalue weighted by molar-refractivity contribution is 0.0696. The Morgan fingerprint density at radius 2 is 2.00 bits per heavy atom. The molecule has 2 nitrogen and oxygen atoms in total. The number of fused-ring (bicyclic) bond motifs is 1. The number of ether oxygens (including phenoxy) is 1. The molecule has 0 aromatic heterocycles. The van der Waals surface area contributed by atoms with E-state index >= 15 is 0 Å². The van der Waals surface area contributed by atoms with Gasteiger partial charge < -0.3 is 10.1 Å². The minimum absolute atomic E-state index is 0.0817. The summed E-state index contributed by atoms with van der Waals surface area (Å²) in [5, 5.41) is 3.50. The second kappa shape index (κ2) is 3.77. The lowest BCUT2D eigenvalue weighted by atomic mass is 9.64. The van der Waals surface area contributed by atoms with E-state index in [0.29, 0.717) is 0 Å². The molecule has 0 spiro atoms. The molecule has 0 saturated carbocycles. The lowest BCUT2D eigenvalue weighted by Gasteiger charge is -2.41. The average molecular weight is 219 g/mol. The zero-order chi connectivity index (χ0) is 11.8. The smallest absolute Gasteiger partial charge is 0.0582 e. The van der Waals surface area contributed by atoms with Gasteiger partial charge in [0.2, 0.25) is 0 Å². The summed E-state index contributed by atoms with van der Waals surface area (Å²) in [7, 11) is 1.79. The molecule has 1 aliphatic rings. The summed E-state index contributed by atoms with van der Waals surface area (Å²) in [4.78, 5) is 0. The number of para-hydroxylation sites is 1. The third-order valence-electron chi connectivity index (χ3n) is 3.85. The topological polar surface area (TPSA) is 21.3 Å². The van der Waals surface area contributed by atoms with Crippen molar-refractivity contribution in [1.82, 2.24) is 0 Å². The Morgan fingerprint density at radius 1 is 1.31 bits per heavy atom. The van der Waals surface area contributed by atoms with Gasteiger partial charge in [-0.15, -0.1) is 0 Å². The van der Waals surface area contributed by atoms with Crippen molar-refractivity contribution >= 4 is 5.69 Å². The standard InChI is InChI=1S/C14H21NO/c1-13(2,3)14(10-16-4)9-15-12-8-6-5-7-11(12)14/h5-8,15H,9-10H2,1-4H3. The van der Waals surface area contributed by atoms with Crippen LogP contribution in [0, 0.1) is 5.41 Å². The van der Waals surface area contributed by atoms with Crippen molar-refractivity contribution in [2.45, 2.75) is 26.2 Å². The number of benzene rings is 1. The molecule has 1 atom stereocenters. The van der Waals surface area contributed by atoms with Gasteiger partial charge in [-0.05, 0) is 17.0 Å². The lowest BCUT2D eigenvalue weighted by Crippen LogP contribution is -2.45. The highest BCUT2D eigenvalue weighted by atomic mass is 16.5. The van der Waals surface area contributed by atoms with E-state index in [4.69, 9.17) is 4.74 Å². The molecular formula is C14H21NO. The molecule has 1 unspecified atom stereocenters. The van der Waals surface area contributed by atoms with Crippen LogP contribution in [-0.4, -0.2) is 20.3 Å². The quantitative estimate of drug-likeness (QED) is 0.825. The van der Waals surface area contributed by atoms with E-state index in [1.165, 1.54) is 11.3 Å². The summed E-state index contributed by atoms with van der Waals surface area (Å²) in [6.45, 7) is 8.59. The van der Waals surface area contributed by atoms with Gasteiger partial charge in [0.15, 0.2) is 0 Å². The fourth-order valence-electron chi connectivity index (χ4n) is 2.66. The van der Waals surface area contributed by atoms with Crippen LogP contribution >= 0.6 is 0 Å². The van der Waals surface area contributed by atoms with E-state index in [1.54, 1.807) is 7.11 Å². The molecule has 0 aliphatic carbocycles. The molecule has 2 heteroatoms. The van der Waals surface area contributed by atoms with Crippen molar-refractivity contribution in [1.29, 1.82) is 0 Å². The number of nitrogens with one attached hydrogen (secondary N) is 1. The Morgan fingerprint density at radius 3 is 2.62 bits per heavy atom. The van der Waals surface area contributed by atoms with Gasteiger partial charge in [-0.3, -0.25) is 0 Å². The number of rotatable bonds is 2. The molecule has 0 bridgehead atoms. The van der Waals surface area contributed by atoms with E-state index in [2.05, 4.69) is 50.4 Å². The molecule has 88 valence electrons. The van der Waals surface area contributed by atoms with Gasteiger partial charge in [0.25, 0.3) is 0 Å². The number of hydrogen-bond donors (Lipinski definition) is 1. The van der Waals surface area contributed by atoms with Gasteiger partial charge in [0.1, 0.15) is 0 Å². The normalized spacial score (nSPS) is 24.0. The highest BCUT2D eigenvalue weighted by molar-refractivity contribution is 5.61. The molecule has 1 aromatic carbocycles. The maximum absolute atomic E-state index is 5.47. The highest BCUT2D eigenvalue weighted by Crippen LogP contribution is 2.48. The first-order valence-corrected chi connectivity index (χ1v) is 5.83. The molecule has 0 saturated heterocycles. The van der Waals surface area contributed by atoms with Crippen LogP contribution in [0.4, 0.5) is 5.69 Å². The predicted octanol–water partition coefficient (Wildman–Crippen LogP) is 3.04. The Labute approximate surface area is 98.0 Å². The van der Waals surface area contributed by atoms with E-state index in [9.17, 15) is 0 Å². The first kappa shape index (κ1) is 11.5. The number of hydrogen-bond acceptors (Lipinski definition) is 2. The van der Waals surface area contributed by atoms with E-state index in [0.717, 1.165) is 13.2 Å². The van der Waals surface area contributed by atoms with E-state index < -0.39 is 0 Å². The Bertz CT molecular complexity index is 377. The second-order valence-corrected chi connectivity index (χ2v) is 5.66. The van der Waals surface area contributed by atoms with Crippen molar-refractivity contribution in [3.8, 4) is 0 Å².